The molecule has 0 aliphatic rings. The van der Waals surface area contributed by atoms with Crippen LogP contribution in [0, 0.1) is 0 Å². The van der Waals surface area contributed by atoms with Gasteiger partial charge < -0.3 is 16.2 Å². The monoisotopic (exact) mass is 206 g/mol. The lowest BCUT2D eigenvalue weighted by Gasteiger charge is -2.20. The molecule has 2 atom stereocenters. The molecule has 0 rings (SSSR count). The summed E-state index contributed by atoms with van der Waals surface area (Å²) in [5.41, 5.74) is 4.99. The highest BCUT2D eigenvalue weighted by atomic mass is 32.2. The Bertz CT molecular complexity index is 151. The van der Waals surface area contributed by atoms with Crippen molar-refractivity contribution < 1.29 is 9.90 Å². The van der Waals surface area contributed by atoms with Crippen LogP contribution in [0.4, 0.5) is 0 Å². The smallest absolute Gasteiger partial charge is 0.218 e. The molecule has 0 fully saturated rings. The molecule has 0 aliphatic carbocycles. The molecule has 78 valence electrons. The first-order valence-corrected chi connectivity index (χ1v) is 5.56. The van der Waals surface area contributed by atoms with E-state index in [9.17, 15) is 4.79 Å². The number of aliphatic hydroxyl groups is 1. The Balaban J connectivity index is 3.59. The van der Waals surface area contributed by atoms with Crippen molar-refractivity contribution in [3.05, 3.63) is 0 Å². The Kier molecular flexibility index (Phi) is 7.03. The zero-order valence-electron chi connectivity index (χ0n) is 8.12. The molecule has 0 heterocycles. The van der Waals surface area contributed by atoms with Crippen LogP contribution in [0.15, 0.2) is 0 Å². The molecule has 5 heteroatoms. The maximum absolute atomic E-state index is 10.4. The van der Waals surface area contributed by atoms with Gasteiger partial charge in [0.15, 0.2) is 0 Å². The standard InChI is InChI=1S/C8H18N2O2S/c1-6(7(5-11)13-2)10-4-3-8(9)12/h6-7,10-11H,3-5H2,1-2H3,(H2,9,12). The summed E-state index contributed by atoms with van der Waals surface area (Å²) in [5.74, 6) is -0.301. The van der Waals surface area contributed by atoms with Crippen LogP contribution in [0.2, 0.25) is 0 Å². The van der Waals surface area contributed by atoms with Gasteiger partial charge in [0.05, 0.1) is 6.61 Å². The SMILES string of the molecule is CSC(CO)C(C)NCCC(N)=O. The predicted octanol–water partition coefficient (Wildman–Crippen LogP) is -0.436. The average molecular weight is 206 g/mol. The van der Waals surface area contributed by atoms with Gasteiger partial charge in [0.1, 0.15) is 0 Å². The van der Waals surface area contributed by atoms with Gasteiger partial charge in [-0.3, -0.25) is 4.79 Å². The van der Waals surface area contributed by atoms with Crippen LogP contribution < -0.4 is 11.1 Å². The Hall–Kier alpha value is -0.260. The average Bonchev–Trinajstić information content (AvgIpc) is 2.05. The van der Waals surface area contributed by atoms with Crippen LogP contribution in [-0.2, 0) is 4.79 Å². The van der Waals surface area contributed by atoms with Crippen molar-refractivity contribution in [2.75, 3.05) is 19.4 Å². The van der Waals surface area contributed by atoms with Crippen molar-refractivity contribution in [1.82, 2.24) is 5.32 Å². The van der Waals surface area contributed by atoms with Crippen LogP contribution in [0.1, 0.15) is 13.3 Å². The highest BCUT2D eigenvalue weighted by Gasteiger charge is 2.13. The molecule has 0 aliphatic heterocycles. The summed E-state index contributed by atoms with van der Waals surface area (Å²) in [7, 11) is 0. The third kappa shape index (κ3) is 5.90. The number of aliphatic hydroxyl groups excluding tert-OH is 1. The minimum atomic E-state index is -0.301. The fourth-order valence-corrected chi connectivity index (χ4v) is 1.64. The first-order chi connectivity index (χ1) is 6.11. The van der Waals surface area contributed by atoms with Crippen LogP contribution in [0.25, 0.3) is 0 Å². The van der Waals surface area contributed by atoms with E-state index in [2.05, 4.69) is 5.32 Å². The number of rotatable bonds is 7. The van der Waals surface area contributed by atoms with Crippen LogP contribution in [0.3, 0.4) is 0 Å². The topological polar surface area (TPSA) is 75.3 Å². The van der Waals surface area contributed by atoms with E-state index in [0.29, 0.717) is 13.0 Å². The zero-order valence-corrected chi connectivity index (χ0v) is 8.93. The van der Waals surface area contributed by atoms with E-state index in [0.717, 1.165) is 0 Å². The molecule has 0 aromatic rings. The number of amides is 1. The summed E-state index contributed by atoms with van der Waals surface area (Å²) in [4.78, 5) is 10.4. The second-order valence-corrected chi connectivity index (χ2v) is 3.99. The minimum Gasteiger partial charge on any atom is -0.395 e. The molecule has 1 amide bonds. The van der Waals surface area contributed by atoms with Crippen molar-refractivity contribution in [2.45, 2.75) is 24.6 Å². The van der Waals surface area contributed by atoms with E-state index in [4.69, 9.17) is 10.8 Å². The zero-order chi connectivity index (χ0) is 10.3. The number of carbonyl (C=O) groups excluding carboxylic acids is 1. The Labute approximate surface area is 83.3 Å². The number of nitrogens with two attached hydrogens (primary N) is 1. The van der Waals surface area contributed by atoms with E-state index < -0.39 is 0 Å². The van der Waals surface area contributed by atoms with Gasteiger partial charge in [0.2, 0.25) is 5.91 Å². The van der Waals surface area contributed by atoms with E-state index >= 15 is 0 Å². The number of hydrogen-bond acceptors (Lipinski definition) is 4. The third-order valence-electron chi connectivity index (χ3n) is 1.88. The minimum absolute atomic E-state index is 0.145. The van der Waals surface area contributed by atoms with Crippen LogP contribution in [-0.4, -0.2) is 41.7 Å². The van der Waals surface area contributed by atoms with Crippen molar-refractivity contribution >= 4 is 17.7 Å². The molecule has 0 radical (unpaired) electrons. The second-order valence-electron chi connectivity index (χ2n) is 2.92. The van der Waals surface area contributed by atoms with Crippen molar-refractivity contribution in [2.24, 2.45) is 5.73 Å². The summed E-state index contributed by atoms with van der Waals surface area (Å²) in [6.45, 7) is 2.71. The maximum Gasteiger partial charge on any atom is 0.218 e. The highest BCUT2D eigenvalue weighted by Crippen LogP contribution is 2.09. The number of carbonyl (C=O) groups is 1. The summed E-state index contributed by atoms with van der Waals surface area (Å²) >= 11 is 1.61. The fourth-order valence-electron chi connectivity index (χ4n) is 0.991. The molecular weight excluding hydrogens is 188 g/mol. The number of nitrogens with one attached hydrogen (secondary N) is 1. The van der Waals surface area contributed by atoms with Crippen molar-refractivity contribution in [3.8, 4) is 0 Å². The van der Waals surface area contributed by atoms with Crippen LogP contribution >= 0.6 is 11.8 Å². The van der Waals surface area contributed by atoms with E-state index in [-0.39, 0.29) is 23.8 Å². The summed E-state index contributed by atoms with van der Waals surface area (Å²) in [6, 6.07) is 0.194. The maximum atomic E-state index is 10.4. The molecule has 0 aromatic carbocycles. The molecule has 0 bridgehead atoms. The Morgan fingerprint density at radius 1 is 1.69 bits per heavy atom. The molecule has 0 saturated heterocycles. The summed E-state index contributed by atoms with van der Waals surface area (Å²) in [6.07, 6.45) is 2.30. The van der Waals surface area contributed by atoms with E-state index in [1.165, 1.54) is 0 Å². The number of primary amides is 1. The Morgan fingerprint density at radius 3 is 2.69 bits per heavy atom. The summed E-state index contributed by atoms with van der Waals surface area (Å²) in [5, 5.41) is 12.3. The molecule has 0 saturated carbocycles. The first-order valence-electron chi connectivity index (χ1n) is 4.27. The molecule has 0 spiro atoms. The molecular formula is C8H18N2O2S. The normalized spacial score (nSPS) is 15.3. The van der Waals surface area contributed by atoms with Gasteiger partial charge >= 0.3 is 0 Å². The lowest BCUT2D eigenvalue weighted by molar-refractivity contribution is -0.117. The molecule has 2 unspecified atom stereocenters. The second kappa shape index (κ2) is 7.17. The van der Waals surface area contributed by atoms with Gasteiger partial charge in [-0.15, -0.1) is 0 Å². The lowest BCUT2D eigenvalue weighted by Crippen LogP contribution is -2.39. The largest absolute Gasteiger partial charge is 0.395 e. The van der Waals surface area contributed by atoms with E-state index in [1.54, 1.807) is 11.8 Å². The quantitative estimate of drug-likeness (QED) is 0.528. The lowest BCUT2D eigenvalue weighted by atomic mass is 10.2. The van der Waals surface area contributed by atoms with Gasteiger partial charge in [-0.05, 0) is 13.2 Å². The van der Waals surface area contributed by atoms with Gasteiger partial charge in [-0.2, -0.15) is 11.8 Å². The molecule has 0 aromatic heterocycles. The van der Waals surface area contributed by atoms with Gasteiger partial charge in [0, 0.05) is 24.3 Å². The van der Waals surface area contributed by atoms with Gasteiger partial charge in [0.25, 0.3) is 0 Å². The summed E-state index contributed by atoms with van der Waals surface area (Å²) < 4.78 is 0. The highest BCUT2D eigenvalue weighted by molar-refractivity contribution is 7.99. The molecule has 4 nitrogen and oxygen atoms in total. The first kappa shape index (κ1) is 12.7. The van der Waals surface area contributed by atoms with Gasteiger partial charge in [-0.25, -0.2) is 0 Å². The fraction of sp³-hybridized carbons (Fsp3) is 0.875. The number of hydrogen-bond donors (Lipinski definition) is 3. The van der Waals surface area contributed by atoms with Crippen LogP contribution in [0.5, 0.6) is 0 Å². The van der Waals surface area contributed by atoms with Gasteiger partial charge in [-0.1, -0.05) is 0 Å². The Morgan fingerprint density at radius 2 is 2.31 bits per heavy atom. The van der Waals surface area contributed by atoms with E-state index in [1.807, 2.05) is 13.2 Å². The van der Waals surface area contributed by atoms with Crippen molar-refractivity contribution in [3.63, 3.8) is 0 Å². The third-order valence-corrected chi connectivity index (χ3v) is 3.04. The predicted molar refractivity (Wildman–Crippen MR) is 55.7 cm³/mol. The molecule has 4 N–H and O–H groups in total. The number of thioether (sulfide) groups is 1. The molecule has 13 heavy (non-hydrogen) atoms. The van der Waals surface area contributed by atoms with Crippen molar-refractivity contribution in [1.29, 1.82) is 0 Å².